The van der Waals surface area contributed by atoms with Crippen LogP contribution >= 0.6 is 0 Å². The third-order valence-corrected chi connectivity index (χ3v) is 3.95. The molecule has 0 aromatic carbocycles. The molecule has 1 aliphatic heterocycles. The molecule has 3 nitrogen and oxygen atoms in total. The fraction of sp³-hybridized carbons (Fsp3) is 0.933. The predicted molar refractivity (Wildman–Crippen MR) is 76.6 cm³/mol. The van der Waals surface area contributed by atoms with Crippen LogP contribution in [0, 0.1) is 5.41 Å². The smallest absolute Gasteiger partial charge is 0.223 e. The van der Waals surface area contributed by atoms with E-state index in [0.29, 0.717) is 12.3 Å². The minimum Gasteiger partial charge on any atom is -0.336 e. The molecule has 0 aromatic heterocycles. The molecule has 18 heavy (non-hydrogen) atoms. The molecule has 1 amide bonds. The summed E-state index contributed by atoms with van der Waals surface area (Å²) in [5.41, 5.74) is 0.257. The fourth-order valence-corrected chi connectivity index (χ4v) is 2.79. The Morgan fingerprint density at radius 2 is 2.00 bits per heavy atom. The van der Waals surface area contributed by atoms with Crippen LogP contribution in [-0.2, 0) is 4.79 Å². The van der Waals surface area contributed by atoms with Crippen molar-refractivity contribution < 1.29 is 4.79 Å². The molecule has 0 radical (unpaired) electrons. The highest BCUT2D eigenvalue weighted by molar-refractivity contribution is 5.77. The first-order valence-electron chi connectivity index (χ1n) is 7.24. The molecule has 1 heterocycles. The molecule has 0 spiro atoms. The molecule has 0 saturated carbocycles. The molecule has 1 saturated heterocycles. The van der Waals surface area contributed by atoms with Crippen LogP contribution in [0.2, 0.25) is 0 Å². The van der Waals surface area contributed by atoms with Gasteiger partial charge in [-0.1, -0.05) is 20.8 Å². The van der Waals surface area contributed by atoms with Gasteiger partial charge in [0.25, 0.3) is 0 Å². The summed E-state index contributed by atoms with van der Waals surface area (Å²) < 4.78 is 0. The number of likely N-dealkylation sites (N-methyl/N-ethyl adjacent to an activating group) is 1. The van der Waals surface area contributed by atoms with Crippen LogP contribution < -0.4 is 5.32 Å². The van der Waals surface area contributed by atoms with Crippen molar-refractivity contribution in [2.75, 3.05) is 20.1 Å². The quantitative estimate of drug-likeness (QED) is 0.836. The zero-order chi connectivity index (χ0) is 13.8. The normalized spacial score (nSPS) is 25.3. The molecule has 0 aliphatic carbocycles. The average molecular weight is 254 g/mol. The van der Waals surface area contributed by atoms with E-state index in [9.17, 15) is 4.79 Å². The number of hydrogen-bond donors (Lipinski definition) is 1. The van der Waals surface area contributed by atoms with E-state index in [2.05, 4.69) is 37.9 Å². The lowest BCUT2D eigenvalue weighted by molar-refractivity contribution is -0.139. The lowest BCUT2D eigenvalue weighted by atomic mass is 9.86. The Hall–Kier alpha value is -0.570. The average Bonchev–Trinajstić information content (AvgIpc) is 2.25. The summed E-state index contributed by atoms with van der Waals surface area (Å²) in [6.07, 6.45) is 5.16. The Kier molecular flexibility index (Phi) is 5.20. The molecule has 3 heteroatoms. The molecule has 106 valence electrons. The second kappa shape index (κ2) is 6.05. The van der Waals surface area contributed by atoms with Crippen LogP contribution in [0.4, 0.5) is 0 Å². The summed E-state index contributed by atoms with van der Waals surface area (Å²) in [6.45, 7) is 10.6. The van der Waals surface area contributed by atoms with E-state index in [-0.39, 0.29) is 11.0 Å². The molecule has 1 atom stereocenters. The Bertz CT molecular complexity index is 279. The number of amides is 1. The van der Waals surface area contributed by atoms with Crippen molar-refractivity contribution >= 4 is 5.91 Å². The van der Waals surface area contributed by atoms with Gasteiger partial charge in [-0.3, -0.25) is 4.79 Å². The van der Waals surface area contributed by atoms with Gasteiger partial charge in [0.15, 0.2) is 0 Å². The van der Waals surface area contributed by atoms with Crippen LogP contribution in [0.25, 0.3) is 0 Å². The summed E-state index contributed by atoms with van der Waals surface area (Å²) in [7, 11) is 1.97. The molecular formula is C15H30N2O. The first-order valence-corrected chi connectivity index (χ1v) is 7.24. The summed E-state index contributed by atoms with van der Waals surface area (Å²) >= 11 is 0. The van der Waals surface area contributed by atoms with E-state index in [1.54, 1.807) is 0 Å². The first kappa shape index (κ1) is 15.5. The van der Waals surface area contributed by atoms with Gasteiger partial charge >= 0.3 is 0 Å². The van der Waals surface area contributed by atoms with Crippen molar-refractivity contribution in [2.24, 2.45) is 5.41 Å². The number of carbonyl (C=O) groups is 1. The van der Waals surface area contributed by atoms with Gasteiger partial charge in [0.05, 0.1) is 5.54 Å². The highest BCUT2D eigenvalue weighted by atomic mass is 16.2. The van der Waals surface area contributed by atoms with Gasteiger partial charge in [-0.05, 0) is 45.1 Å². The van der Waals surface area contributed by atoms with Gasteiger partial charge in [0.1, 0.15) is 0 Å². The topological polar surface area (TPSA) is 32.3 Å². The van der Waals surface area contributed by atoms with Crippen LogP contribution in [0.1, 0.15) is 59.8 Å². The SMILES string of the molecule is CNCC1(C)CCCCN1C(=O)CCC(C)(C)C. The Labute approximate surface area is 112 Å². The number of piperidine rings is 1. The Morgan fingerprint density at radius 3 is 2.56 bits per heavy atom. The summed E-state index contributed by atoms with van der Waals surface area (Å²) in [5, 5.41) is 3.24. The van der Waals surface area contributed by atoms with E-state index in [1.807, 2.05) is 7.05 Å². The largest absolute Gasteiger partial charge is 0.336 e. The Balaban J connectivity index is 2.63. The maximum atomic E-state index is 12.4. The molecule has 1 aliphatic rings. The summed E-state index contributed by atoms with van der Waals surface area (Å²) in [6, 6.07) is 0. The van der Waals surface area contributed by atoms with Gasteiger partial charge in [-0.25, -0.2) is 0 Å². The van der Waals surface area contributed by atoms with Gasteiger partial charge in [0.2, 0.25) is 5.91 Å². The second-order valence-corrected chi connectivity index (χ2v) is 7.09. The number of carbonyl (C=O) groups excluding carboxylic acids is 1. The lowest BCUT2D eigenvalue weighted by Gasteiger charge is -2.45. The fourth-order valence-electron chi connectivity index (χ4n) is 2.79. The minimum absolute atomic E-state index is 0.0158. The van der Waals surface area contributed by atoms with Crippen molar-refractivity contribution in [2.45, 2.75) is 65.3 Å². The van der Waals surface area contributed by atoms with Crippen molar-refractivity contribution in [1.82, 2.24) is 10.2 Å². The van der Waals surface area contributed by atoms with Crippen molar-refractivity contribution in [3.63, 3.8) is 0 Å². The number of rotatable bonds is 4. The van der Waals surface area contributed by atoms with Crippen molar-refractivity contribution in [1.29, 1.82) is 0 Å². The van der Waals surface area contributed by atoms with Crippen molar-refractivity contribution in [3.8, 4) is 0 Å². The first-order chi connectivity index (χ1) is 8.28. The Morgan fingerprint density at radius 1 is 1.33 bits per heavy atom. The number of likely N-dealkylation sites (tertiary alicyclic amines) is 1. The monoisotopic (exact) mass is 254 g/mol. The van der Waals surface area contributed by atoms with Crippen molar-refractivity contribution in [3.05, 3.63) is 0 Å². The molecule has 1 N–H and O–H groups in total. The predicted octanol–water partition coefficient (Wildman–Crippen LogP) is 2.80. The number of hydrogen-bond acceptors (Lipinski definition) is 2. The highest BCUT2D eigenvalue weighted by Gasteiger charge is 2.36. The lowest BCUT2D eigenvalue weighted by Crippen LogP contribution is -2.57. The van der Waals surface area contributed by atoms with Crippen LogP contribution in [0.3, 0.4) is 0 Å². The third-order valence-electron chi connectivity index (χ3n) is 3.95. The molecule has 0 bridgehead atoms. The van der Waals surface area contributed by atoms with Gasteiger partial charge in [0, 0.05) is 19.5 Å². The van der Waals surface area contributed by atoms with E-state index in [4.69, 9.17) is 0 Å². The maximum absolute atomic E-state index is 12.4. The standard InChI is InChI=1S/C15H30N2O/c1-14(2,3)10-8-13(18)17-11-7-6-9-15(17,4)12-16-5/h16H,6-12H2,1-5H3. The zero-order valence-electron chi connectivity index (χ0n) is 12.8. The van der Waals surface area contributed by atoms with Gasteiger partial charge in [-0.2, -0.15) is 0 Å². The highest BCUT2D eigenvalue weighted by Crippen LogP contribution is 2.29. The summed E-state index contributed by atoms with van der Waals surface area (Å²) in [4.78, 5) is 14.6. The van der Waals surface area contributed by atoms with Gasteiger partial charge in [-0.15, -0.1) is 0 Å². The molecule has 0 aromatic rings. The zero-order valence-corrected chi connectivity index (χ0v) is 12.8. The van der Waals surface area contributed by atoms with Crippen LogP contribution in [-0.4, -0.2) is 36.5 Å². The van der Waals surface area contributed by atoms with Gasteiger partial charge < -0.3 is 10.2 Å². The third kappa shape index (κ3) is 4.27. The molecule has 1 unspecified atom stereocenters. The van der Waals surface area contributed by atoms with E-state index >= 15 is 0 Å². The summed E-state index contributed by atoms with van der Waals surface area (Å²) in [5.74, 6) is 0.336. The molecular weight excluding hydrogens is 224 g/mol. The number of nitrogens with zero attached hydrogens (tertiary/aromatic N) is 1. The van der Waals surface area contributed by atoms with Crippen LogP contribution in [0.15, 0.2) is 0 Å². The van der Waals surface area contributed by atoms with E-state index < -0.39 is 0 Å². The molecule has 1 rings (SSSR count). The van der Waals surface area contributed by atoms with E-state index in [1.165, 1.54) is 6.42 Å². The van der Waals surface area contributed by atoms with E-state index in [0.717, 1.165) is 32.4 Å². The second-order valence-electron chi connectivity index (χ2n) is 7.09. The van der Waals surface area contributed by atoms with Crippen LogP contribution in [0.5, 0.6) is 0 Å². The number of nitrogens with one attached hydrogen (secondary N) is 1. The molecule has 1 fully saturated rings. The maximum Gasteiger partial charge on any atom is 0.223 e. The minimum atomic E-state index is 0.0158.